The van der Waals surface area contributed by atoms with Gasteiger partial charge < -0.3 is 24.1 Å². The third kappa shape index (κ3) is 3.81. The molecular weight excluding hydrogens is 358 g/mol. The summed E-state index contributed by atoms with van der Waals surface area (Å²) < 4.78 is 22.1. The fourth-order valence-corrected chi connectivity index (χ4v) is 3.77. The molecule has 9 heteroatoms. The Morgan fingerprint density at radius 1 is 1.26 bits per heavy atom. The monoisotopic (exact) mass is 381 g/mol. The molecule has 1 aromatic carbocycles. The lowest BCUT2D eigenvalue weighted by atomic mass is 9.77. The molecule has 3 rings (SSSR count). The molecule has 9 nitrogen and oxygen atoms in total. The van der Waals surface area contributed by atoms with Crippen LogP contribution in [0.25, 0.3) is 0 Å². The van der Waals surface area contributed by atoms with Crippen molar-refractivity contribution in [3.63, 3.8) is 0 Å². The van der Waals surface area contributed by atoms with Crippen molar-refractivity contribution in [1.82, 2.24) is 0 Å². The van der Waals surface area contributed by atoms with E-state index >= 15 is 0 Å². The first-order chi connectivity index (χ1) is 12.7. The van der Waals surface area contributed by atoms with Gasteiger partial charge >= 0.3 is 5.97 Å². The van der Waals surface area contributed by atoms with Gasteiger partial charge in [-0.1, -0.05) is 30.3 Å². The Morgan fingerprint density at radius 3 is 2.48 bits per heavy atom. The number of aliphatic hydroxyl groups is 1. The maximum Gasteiger partial charge on any atom is 0.318 e. The second kappa shape index (κ2) is 7.51. The van der Waals surface area contributed by atoms with E-state index in [0.717, 1.165) is 12.7 Å². The van der Waals surface area contributed by atoms with Crippen LogP contribution < -0.4 is 0 Å². The Morgan fingerprint density at radius 2 is 1.89 bits per heavy atom. The van der Waals surface area contributed by atoms with Crippen LogP contribution in [0.5, 0.6) is 0 Å². The number of benzene rings is 1. The first kappa shape index (κ1) is 19.7. The molecule has 0 bridgehead atoms. The Hall–Kier alpha value is -2.07. The number of carbonyl (C=O) groups is 1. The zero-order valence-corrected chi connectivity index (χ0v) is 15.3. The molecule has 1 saturated heterocycles. The third-order valence-corrected chi connectivity index (χ3v) is 4.90. The highest BCUT2D eigenvalue weighted by Gasteiger charge is 2.65. The molecule has 6 atom stereocenters. The SMILES string of the molecule is COC(=O)[C@H]1[C@@H](O)[C@H](OCc2ccccc2)[C@H]2OC(C)(C)O[C@H]2[C@@H]1[N+](=O)[O-]. The van der Waals surface area contributed by atoms with Crippen molar-refractivity contribution in [2.24, 2.45) is 5.92 Å². The number of ether oxygens (including phenoxy) is 4. The second-order valence-electron chi connectivity index (χ2n) is 7.14. The Labute approximate surface area is 156 Å². The Bertz CT molecular complexity index is 694. The highest BCUT2D eigenvalue weighted by atomic mass is 16.8. The van der Waals surface area contributed by atoms with Gasteiger partial charge in [0.05, 0.1) is 13.7 Å². The van der Waals surface area contributed by atoms with Gasteiger partial charge in [0.25, 0.3) is 6.04 Å². The summed E-state index contributed by atoms with van der Waals surface area (Å²) in [5.74, 6) is -3.42. The second-order valence-corrected chi connectivity index (χ2v) is 7.14. The van der Waals surface area contributed by atoms with Crippen molar-refractivity contribution in [1.29, 1.82) is 0 Å². The van der Waals surface area contributed by atoms with Gasteiger partial charge in [0.15, 0.2) is 17.8 Å². The maximum absolute atomic E-state index is 12.2. The van der Waals surface area contributed by atoms with Crippen molar-refractivity contribution in [3.05, 3.63) is 46.0 Å². The molecule has 2 aliphatic rings. The standard InChI is InChI=1S/C18H23NO8/c1-18(2)26-14-12(19(22)23)11(17(21)24-3)13(20)15(16(14)27-18)25-9-10-7-5-4-6-8-10/h4-8,11-16,20H,9H2,1-3H3/t11-,12-,13-,14+,15+,16+/m1/s1. The lowest BCUT2D eigenvalue weighted by Crippen LogP contribution is -2.64. The van der Waals surface area contributed by atoms with Crippen molar-refractivity contribution in [2.45, 2.75) is 56.7 Å². The van der Waals surface area contributed by atoms with Crippen LogP contribution in [0.3, 0.4) is 0 Å². The summed E-state index contributed by atoms with van der Waals surface area (Å²) in [6.45, 7) is 3.39. The average Bonchev–Trinajstić information content (AvgIpc) is 2.94. The molecule has 1 aliphatic carbocycles. The van der Waals surface area contributed by atoms with Crippen LogP contribution in [0.15, 0.2) is 30.3 Å². The number of aliphatic hydroxyl groups excluding tert-OH is 1. The van der Waals surface area contributed by atoms with E-state index in [9.17, 15) is 20.0 Å². The summed E-state index contributed by atoms with van der Waals surface area (Å²) >= 11 is 0. The molecule has 1 saturated carbocycles. The molecule has 1 aromatic rings. The molecule has 1 N–H and O–H groups in total. The van der Waals surface area contributed by atoms with E-state index in [4.69, 9.17) is 18.9 Å². The van der Waals surface area contributed by atoms with Crippen LogP contribution in [0.1, 0.15) is 19.4 Å². The predicted octanol–water partition coefficient (Wildman–Crippen LogP) is 0.901. The van der Waals surface area contributed by atoms with Crippen LogP contribution in [0, 0.1) is 16.0 Å². The Balaban J connectivity index is 1.91. The summed E-state index contributed by atoms with van der Waals surface area (Å²) in [5, 5.41) is 22.5. The quantitative estimate of drug-likeness (QED) is 0.454. The number of carbonyl (C=O) groups excluding carboxylic acids is 1. The number of rotatable bonds is 5. The van der Waals surface area contributed by atoms with E-state index in [0.29, 0.717) is 0 Å². The molecule has 0 amide bonds. The van der Waals surface area contributed by atoms with Crippen molar-refractivity contribution in [3.8, 4) is 0 Å². The number of nitro groups is 1. The number of hydrogen-bond acceptors (Lipinski definition) is 8. The zero-order chi connectivity index (χ0) is 19.8. The molecule has 1 heterocycles. The Kier molecular flexibility index (Phi) is 5.48. The average molecular weight is 381 g/mol. The van der Waals surface area contributed by atoms with Crippen molar-refractivity contribution < 1.29 is 33.8 Å². The topological polar surface area (TPSA) is 117 Å². The summed E-state index contributed by atoms with van der Waals surface area (Å²) in [6.07, 6.45) is -4.41. The van der Waals surface area contributed by atoms with E-state index in [1.165, 1.54) is 0 Å². The number of methoxy groups -OCH3 is 1. The number of hydrogen-bond donors (Lipinski definition) is 1. The van der Waals surface area contributed by atoms with E-state index in [1.807, 2.05) is 30.3 Å². The van der Waals surface area contributed by atoms with Gasteiger partial charge in [0.2, 0.25) is 0 Å². The smallest absolute Gasteiger partial charge is 0.318 e. The molecule has 0 radical (unpaired) electrons. The normalized spacial score (nSPS) is 34.7. The third-order valence-electron chi connectivity index (χ3n) is 4.90. The molecule has 27 heavy (non-hydrogen) atoms. The fourth-order valence-electron chi connectivity index (χ4n) is 3.77. The van der Waals surface area contributed by atoms with Gasteiger partial charge in [-0.05, 0) is 19.4 Å². The van der Waals surface area contributed by atoms with Gasteiger partial charge in [-0.25, -0.2) is 0 Å². The molecule has 0 spiro atoms. The minimum absolute atomic E-state index is 0.145. The summed E-state index contributed by atoms with van der Waals surface area (Å²) in [5.41, 5.74) is 0.852. The molecule has 148 valence electrons. The lowest BCUT2D eigenvalue weighted by Gasteiger charge is -2.40. The van der Waals surface area contributed by atoms with E-state index in [-0.39, 0.29) is 6.61 Å². The molecule has 0 aromatic heterocycles. The van der Waals surface area contributed by atoms with Gasteiger partial charge in [0, 0.05) is 4.92 Å². The largest absolute Gasteiger partial charge is 0.469 e. The van der Waals surface area contributed by atoms with Crippen LogP contribution >= 0.6 is 0 Å². The highest BCUT2D eigenvalue weighted by Crippen LogP contribution is 2.42. The van der Waals surface area contributed by atoms with Gasteiger partial charge in [-0.3, -0.25) is 14.9 Å². The van der Waals surface area contributed by atoms with E-state index < -0.39 is 53.1 Å². The van der Waals surface area contributed by atoms with Crippen LogP contribution in [-0.2, 0) is 30.3 Å². The van der Waals surface area contributed by atoms with E-state index in [1.54, 1.807) is 13.8 Å². The van der Waals surface area contributed by atoms with Crippen molar-refractivity contribution >= 4 is 5.97 Å². The van der Waals surface area contributed by atoms with Gasteiger partial charge in [-0.2, -0.15) is 0 Å². The van der Waals surface area contributed by atoms with Gasteiger partial charge in [-0.15, -0.1) is 0 Å². The maximum atomic E-state index is 12.2. The molecule has 2 fully saturated rings. The first-order valence-corrected chi connectivity index (χ1v) is 8.65. The van der Waals surface area contributed by atoms with Crippen molar-refractivity contribution in [2.75, 3.05) is 7.11 Å². The summed E-state index contributed by atoms with van der Waals surface area (Å²) in [6, 6.07) is 7.74. The van der Waals surface area contributed by atoms with E-state index in [2.05, 4.69) is 0 Å². The number of nitrogens with zero attached hydrogens (tertiary/aromatic N) is 1. The lowest BCUT2D eigenvalue weighted by molar-refractivity contribution is -0.550. The molecular formula is C18H23NO8. The van der Waals surface area contributed by atoms with Gasteiger partial charge in [0.1, 0.15) is 18.3 Å². The fraction of sp³-hybridized carbons (Fsp3) is 0.611. The molecule has 0 unspecified atom stereocenters. The number of esters is 1. The van der Waals surface area contributed by atoms with Crippen LogP contribution in [-0.4, -0.2) is 59.4 Å². The zero-order valence-electron chi connectivity index (χ0n) is 15.3. The molecule has 1 aliphatic heterocycles. The number of fused-ring (bicyclic) bond motifs is 1. The minimum atomic E-state index is -1.50. The minimum Gasteiger partial charge on any atom is -0.469 e. The summed E-state index contributed by atoms with van der Waals surface area (Å²) in [4.78, 5) is 23.3. The van der Waals surface area contributed by atoms with Crippen LogP contribution in [0.4, 0.5) is 0 Å². The van der Waals surface area contributed by atoms with Crippen LogP contribution in [0.2, 0.25) is 0 Å². The highest BCUT2D eigenvalue weighted by molar-refractivity contribution is 5.74. The predicted molar refractivity (Wildman–Crippen MR) is 91.1 cm³/mol. The summed E-state index contributed by atoms with van der Waals surface area (Å²) in [7, 11) is 1.12. The first-order valence-electron chi connectivity index (χ1n) is 8.65.